The van der Waals surface area contributed by atoms with Gasteiger partial charge >= 0.3 is 23.9 Å². The first-order valence-electron chi connectivity index (χ1n) is 25.1. The van der Waals surface area contributed by atoms with Gasteiger partial charge in [0.25, 0.3) is 0 Å². The van der Waals surface area contributed by atoms with E-state index in [1.54, 1.807) is 0 Å². The average Bonchev–Trinajstić information content (AvgIpc) is 3.27. The topological polar surface area (TPSA) is 344 Å². The van der Waals surface area contributed by atoms with Gasteiger partial charge in [-0.05, 0) is 50.4 Å². The van der Waals surface area contributed by atoms with E-state index in [9.17, 15) is 63.6 Å². The summed E-state index contributed by atoms with van der Waals surface area (Å²) in [5.74, 6) is -5.66. The van der Waals surface area contributed by atoms with Crippen molar-refractivity contribution < 1.29 is 84.0 Å². The number of nitrogens with one attached hydrogen (secondary N) is 1. The molecule has 24 heteroatoms. The quantitative estimate of drug-likeness (QED) is 0.0246. The maximum Gasteiger partial charge on any atom is 0.317 e. The number of aliphatic carboxylic acids is 4. The van der Waals surface area contributed by atoms with Crippen LogP contribution in [0.4, 0.5) is 0 Å². The van der Waals surface area contributed by atoms with Crippen LogP contribution in [0.5, 0.6) is 0 Å². The molecule has 0 aliphatic heterocycles. The number of hydrogen-bond donors (Lipinski definition) is 8. The van der Waals surface area contributed by atoms with Crippen LogP contribution in [0.15, 0.2) is 0 Å². The van der Waals surface area contributed by atoms with E-state index < -0.39 is 61.2 Å². The third-order valence-electron chi connectivity index (χ3n) is 10.9. The lowest BCUT2D eigenvalue weighted by molar-refractivity contribution is -0.166. The van der Waals surface area contributed by atoms with Crippen LogP contribution in [0, 0.1) is 11.8 Å². The maximum atomic E-state index is 12.0. The van der Waals surface area contributed by atoms with Gasteiger partial charge in [-0.3, -0.25) is 78.3 Å². The number of ketones is 2. The van der Waals surface area contributed by atoms with E-state index in [0.29, 0.717) is 72.6 Å². The van der Waals surface area contributed by atoms with Crippen molar-refractivity contribution in [2.75, 3.05) is 85.1 Å². The largest absolute Gasteiger partial charge is 0.480 e. The van der Waals surface area contributed by atoms with Crippen molar-refractivity contribution in [3.63, 3.8) is 0 Å². The molecule has 0 saturated carbocycles. The lowest BCUT2D eigenvalue weighted by Gasteiger charge is -2.27. The van der Waals surface area contributed by atoms with E-state index in [0.717, 1.165) is 43.4 Å². The summed E-state index contributed by atoms with van der Waals surface area (Å²) in [7, 11) is 0. The fraction of sp³-hybridized carbons (Fsp3) is 0.792. The van der Waals surface area contributed by atoms with Crippen LogP contribution < -0.4 is 5.32 Å². The molecule has 0 unspecified atom stereocenters. The van der Waals surface area contributed by atoms with E-state index in [-0.39, 0.29) is 108 Å². The second kappa shape index (κ2) is 42.4. The smallest absolute Gasteiger partial charge is 0.317 e. The van der Waals surface area contributed by atoms with E-state index in [2.05, 4.69) is 19.2 Å². The number of carbonyl (C=O) groups excluding carboxylic acids is 6. The van der Waals surface area contributed by atoms with Crippen molar-refractivity contribution in [1.29, 1.82) is 0 Å². The Hall–Kier alpha value is -5.14. The number of unbranched alkanes of at least 4 members (excludes halogenated alkanes) is 8. The Balaban J connectivity index is 0. The second-order valence-electron chi connectivity index (χ2n) is 18.8. The number of hydrogen-bond acceptors (Lipinski definition) is 16. The van der Waals surface area contributed by atoms with E-state index in [1.165, 1.54) is 23.1 Å². The molecule has 8 N–H and O–H groups in total. The van der Waals surface area contributed by atoms with Gasteiger partial charge < -0.3 is 25.7 Å². The van der Waals surface area contributed by atoms with Gasteiger partial charge in [-0.2, -0.15) is 0 Å². The summed E-state index contributed by atoms with van der Waals surface area (Å²) in [5, 5.41) is 69.7. The van der Waals surface area contributed by atoms with Gasteiger partial charge in [0.15, 0.2) is 0 Å². The zero-order valence-corrected chi connectivity index (χ0v) is 43.5. The molecule has 0 spiro atoms. The summed E-state index contributed by atoms with van der Waals surface area (Å²) >= 11 is 0. The van der Waals surface area contributed by atoms with Crippen molar-refractivity contribution in [3.05, 3.63) is 0 Å². The third-order valence-corrected chi connectivity index (χ3v) is 10.9. The molecular weight excluding hydrogens is 947 g/mol. The third kappa shape index (κ3) is 43.6. The van der Waals surface area contributed by atoms with E-state index in [4.69, 9.17) is 20.4 Å². The minimum atomic E-state index is -1.21. The second-order valence-corrected chi connectivity index (χ2v) is 18.8. The van der Waals surface area contributed by atoms with Crippen molar-refractivity contribution in [2.45, 2.75) is 150 Å². The summed E-state index contributed by atoms with van der Waals surface area (Å²) in [6, 6.07) is 0. The SMILES string of the molecule is CC(=O)N(O)CCCCCCC(=O)CCC(=O)N(O)CCCCCNC(=O)CCC(=O)N(O)CCCCCCC(C)C.CC(C)CC(=O)CN(CCN(CCN(CC(=O)O)CC(=O)O)CC(=O)O)CC(=O)O. The fourth-order valence-electron chi connectivity index (χ4n) is 7.04. The first-order valence-corrected chi connectivity index (χ1v) is 25.1. The molecule has 0 bridgehead atoms. The van der Waals surface area contributed by atoms with Gasteiger partial charge in [0.05, 0.1) is 32.7 Å². The van der Waals surface area contributed by atoms with Gasteiger partial charge in [0.1, 0.15) is 11.6 Å². The summed E-state index contributed by atoms with van der Waals surface area (Å²) in [6.07, 6.45) is 10.5. The monoisotopic (exact) mass is 1030 g/mol. The van der Waals surface area contributed by atoms with Crippen molar-refractivity contribution in [1.82, 2.24) is 35.2 Å². The molecule has 416 valence electrons. The Morgan fingerprint density at radius 3 is 1.26 bits per heavy atom. The van der Waals surface area contributed by atoms with Gasteiger partial charge in [0.2, 0.25) is 23.6 Å². The van der Waals surface area contributed by atoms with Crippen LogP contribution in [-0.4, -0.2) is 210 Å². The summed E-state index contributed by atoms with van der Waals surface area (Å²) in [6.45, 7) is 8.92. The van der Waals surface area contributed by atoms with E-state index in [1.807, 2.05) is 13.8 Å². The van der Waals surface area contributed by atoms with Crippen LogP contribution in [0.2, 0.25) is 0 Å². The summed E-state index contributed by atoms with van der Waals surface area (Å²) in [5.41, 5.74) is 0. The number of nitrogens with zero attached hydrogens (tertiary/aromatic N) is 6. The minimum absolute atomic E-state index is 0.00289. The van der Waals surface area contributed by atoms with Crippen LogP contribution in [-0.2, 0) is 47.9 Å². The molecule has 4 amide bonds. The Kier molecular flexibility index (Phi) is 40.6. The summed E-state index contributed by atoms with van der Waals surface area (Å²) < 4.78 is 0. The molecule has 72 heavy (non-hydrogen) atoms. The molecule has 0 fully saturated rings. The summed E-state index contributed by atoms with van der Waals surface area (Å²) in [4.78, 5) is 119. The van der Waals surface area contributed by atoms with Crippen molar-refractivity contribution >= 4 is 59.1 Å². The molecule has 0 rings (SSSR count). The zero-order valence-electron chi connectivity index (χ0n) is 43.5. The van der Waals surface area contributed by atoms with Gasteiger partial charge in [-0.25, -0.2) is 15.2 Å². The molecule has 0 aromatic carbocycles. The Morgan fingerprint density at radius 2 is 0.806 bits per heavy atom. The first kappa shape index (κ1) is 68.9. The van der Waals surface area contributed by atoms with Gasteiger partial charge in [0, 0.05) is 97.8 Å². The number of carbonyl (C=O) groups is 10. The predicted molar refractivity (Wildman–Crippen MR) is 262 cm³/mol. The molecule has 0 saturated heterocycles. The molecule has 0 aliphatic carbocycles. The Bertz CT molecular complexity index is 1620. The minimum Gasteiger partial charge on any atom is -0.480 e. The van der Waals surface area contributed by atoms with Crippen LogP contribution in [0.1, 0.15) is 150 Å². The number of hydroxylamine groups is 6. The molecule has 0 radical (unpaired) electrons. The zero-order chi connectivity index (χ0) is 55.0. The highest BCUT2D eigenvalue weighted by molar-refractivity contribution is 5.85. The maximum absolute atomic E-state index is 12.0. The highest BCUT2D eigenvalue weighted by Crippen LogP contribution is 2.11. The lowest BCUT2D eigenvalue weighted by Crippen LogP contribution is -2.45. The highest BCUT2D eigenvalue weighted by Gasteiger charge is 2.21. The molecule has 0 aromatic rings. The number of Topliss-reactive ketones (excluding diaryl/α,β-unsaturated/α-hetero) is 2. The molecule has 0 aliphatic rings. The van der Waals surface area contributed by atoms with Crippen LogP contribution >= 0.6 is 0 Å². The standard InChI is InChI=1S/C30H56N4O8.C18H31N3O9/c1-25(2)15-9-4-6-13-23-34(42)30(39)20-18-28(37)31-21-11-8-14-24-33(41)29(38)19-17-27(36)16-10-5-7-12-22-32(40)26(3)35;1-13(2)7-14(22)8-20(10-16(25)26)5-3-19(9-15(23)24)4-6-21(11-17(27)28)12-18(29)30/h25,40-42H,4-24H2,1-3H3,(H,31,37);13H,3-12H2,1-2H3,(H,23,24)(H,25,26)(H,27,28)(H,29,30). The first-order chi connectivity index (χ1) is 33.8. The Labute approximate surface area is 424 Å². The molecule has 24 nitrogen and oxygen atoms in total. The molecule has 0 aromatic heterocycles. The number of amides is 4. The molecular formula is C48H87N7O17. The lowest BCUT2D eigenvalue weighted by atomic mass is 10.0. The van der Waals surface area contributed by atoms with Crippen molar-refractivity contribution in [3.8, 4) is 0 Å². The Morgan fingerprint density at radius 1 is 0.403 bits per heavy atom. The molecule has 0 heterocycles. The van der Waals surface area contributed by atoms with Gasteiger partial charge in [-0.1, -0.05) is 66.2 Å². The van der Waals surface area contributed by atoms with Crippen LogP contribution in [0.25, 0.3) is 0 Å². The number of carboxylic acid groups (broad SMARTS) is 4. The highest BCUT2D eigenvalue weighted by atomic mass is 16.5. The number of carboxylic acids is 4. The predicted octanol–water partition coefficient (Wildman–Crippen LogP) is 3.48. The molecule has 0 atom stereocenters. The normalized spacial score (nSPS) is 11.1. The van der Waals surface area contributed by atoms with E-state index >= 15 is 0 Å². The van der Waals surface area contributed by atoms with Crippen LogP contribution in [0.3, 0.4) is 0 Å². The van der Waals surface area contributed by atoms with Crippen molar-refractivity contribution in [2.24, 2.45) is 11.8 Å². The fourth-order valence-corrected chi connectivity index (χ4v) is 7.04. The van der Waals surface area contributed by atoms with Gasteiger partial charge in [-0.15, -0.1) is 0 Å². The number of rotatable bonds is 44. The average molecular weight is 1030 g/mol.